The molecule has 6 nitrogen and oxygen atoms in total. The standard InChI is InChI=1S/C17H17FN4O2S/c1-10-8-11(2)20-17(19-10)25-9-15-21-22(12(3)23)16(24-15)13-4-6-14(18)7-5-13/h4-8,16H,9H2,1-3H3/t16-/m0/s1. The second-order valence-corrected chi connectivity index (χ2v) is 6.54. The second kappa shape index (κ2) is 7.18. The van der Waals surface area contributed by atoms with E-state index in [0.717, 1.165) is 11.4 Å². The highest BCUT2D eigenvalue weighted by Crippen LogP contribution is 2.30. The van der Waals surface area contributed by atoms with Gasteiger partial charge in [0, 0.05) is 23.9 Å². The minimum absolute atomic E-state index is 0.253. The number of hydrogen-bond acceptors (Lipinski definition) is 6. The number of carbonyl (C=O) groups excluding carboxylic acids is 1. The van der Waals surface area contributed by atoms with Crippen molar-refractivity contribution in [1.29, 1.82) is 0 Å². The summed E-state index contributed by atoms with van der Waals surface area (Å²) >= 11 is 1.38. The summed E-state index contributed by atoms with van der Waals surface area (Å²) in [7, 11) is 0. The molecule has 3 rings (SSSR count). The van der Waals surface area contributed by atoms with Crippen LogP contribution in [0.3, 0.4) is 0 Å². The number of benzene rings is 1. The first-order chi connectivity index (χ1) is 11.9. The fraction of sp³-hybridized carbons (Fsp3) is 0.294. The maximum Gasteiger partial charge on any atom is 0.243 e. The predicted molar refractivity (Wildman–Crippen MR) is 92.4 cm³/mol. The number of thioether (sulfide) groups is 1. The van der Waals surface area contributed by atoms with Gasteiger partial charge in [0.15, 0.2) is 5.16 Å². The highest BCUT2D eigenvalue weighted by atomic mass is 32.2. The number of hydrazone groups is 1. The van der Waals surface area contributed by atoms with Gasteiger partial charge >= 0.3 is 0 Å². The molecule has 0 fully saturated rings. The van der Waals surface area contributed by atoms with Gasteiger partial charge in [0.05, 0.1) is 5.75 Å². The third kappa shape index (κ3) is 4.14. The molecule has 1 atom stereocenters. The van der Waals surface area contributed by atoms with E-state index in [9.17, 15) is 9.18 Å². The maximum atomic E-state index is 13.1. The molecule has 0 spiro atoms. The third-order valence-electron chi connectivity index (χ3n) is 3.45. The van der Waals surface area contributed by atoms with Crippen molar-refractivity contribution in [2.24, 2.45) is 5.10 Å². The summed E-state index contributed by atoms with van der Waals surface area (Å²) in [5, 5.41) is 6.12. The van der Waals surface area contributed by atoms with Gasteiger partial charge in [0.2, 0.25) is 18.0 Å². The summed E-state index contributed by atoms with van der Waals surface area (Å²) in [6.45, 7) is 5.22. The van der Waals surface area contributed by atoms with Crippen molar-refractivity contribution >= 4 is 23.6 Å². The van der Waals surface area contributed by atoms with Crippen molar-refractivity contribution in [2.45, 2.75) is 32.2 Å². The zero-order valence-corrected chi connectivity index (χ0v) is 14.9. The largest absolute Gasteiger partial charge is 0.449 e. The molecule has 2 aromatic rings. The fourth-order valence-corrected chi connectivity index (χ4v) is 3.19. The first-order valence-corrected chi connectivity index (χ1v) is 8.65. The number of ether oxygens (including phenoxy) is 1. The number of rotatable bonds is 4. The minimum atomic E-state index is -0.686. The molecule has 1 aromatic carbocycles. The molecule has 0 radical (unpaired) electrons. The van der Waals surface area contributed by atoms with Gasteiger partial charge in [-0.3, -0.25) is 4.79 Å². The van der Waals surface area contributed by atoms with Crippen molar-refractivity contribution in [1.82, 2.24) is 15.0 Å². The normalized spacial score (nSPS) is 16.6. The van der Waals surface area contributed by atoms with E-state index < -0.39 is 6.23 Å². The van der Waals surface area contributed by atoms with Gasteiger partial charge < -0.3 is 4.74 Å². The molecule has 0 saturated heterocycles. The average Bonchev–Trinajstić information content (AvgIpc) is 2.97. The number of carbonyl (C=O) groups is 1. The van der Waals surface area contributed by atoms with E-state index in [4.69, 9.17) is 4.74 Å². The SMILES string of the molecule is CC(=O)N1N=C(CSc2nc(C)cc(C)n2)O[C@H]1c1ccc(F)cc1. The Morgan fingerprint density at radius 1 is 1.24 bits per heavy atom. The van der Waals surface area contributed by atoms with Gasteiger partial charge in [-0.25, -0.2) is 14.4 Å². The topological polar surface area (TPSA) is 67.7 Å². The van der Waals surface area contributed by atoms with Gasteiger partial charge in [-0.05, 0) is 32.0 Å². The van der Waals surface area contributed by atoms with Crippen molar-refractivity contribution in [3.63, 3.8) is 0 Å². The molecule has 0 bridgehead atoms. The fourth-order valence-electron chi connectivity index (χ4n) is 2.39. The zero-order valence-electron chi connectivity index (χ0n) is 14.1. The van der Waals surface area contributed by atoms with E-state index in [-0.39, 0.29) is 11.7 Å². The quantitative estimate of drug-likeness (QED) is 0.619. The predicted octanol–water partition coefficient (Wildman–Crippen LogP) is 3.22. The summed E-state index contributed by atoms with van der Waals surface area (Å²) in [4.78, 5) is 20.5. The zero-order chi connectivity index (χ0) is 18.0. The van der Waals surface area contributed by atoms with Crippen LogP contribution in [0.15, 0.2) is 40.6 Å². The molecule has 0 unspecified atom stereocenters. The molecule has 25 heavy (non-hydrogen) atoms. The van der Waals surface area contributed by atoms with Crippen molar-refractivity contribution in [3.8, 4) is 0 Å². The lowest BCUT2D eigenvalue weighted by molar-refractivity contribution is -0.135. The highest BCUT2D eigenvalue weighted by Gasteiger charge is 2.32. The molecular weight excluding hydrogens is 343 g/mol. The minimum Gasteiger partial charge on any atom is -0.449 e. The Hall–Kier alpha value is -2.48. The molecule has 0 N–H and O–H groups in total. The number of nitrogens with zero attached hydrogens (tertiary/aromatic N) is 4. The number of aryl methyl sites for hydroxylation is 2. The molecule has 1 amide bonds. The first kappa shape index (κ1) is 17.3. The van der Waals surface area contributed by atoms with E-state index in [1.807, 2.05) is 19.9 Å². The Bertz CT molecular complexity index is 806. The van der Waals surface area contributed by atoms with Gasteiger partial charge in [0.1, 0.15) is 5.82 Å². The van der Waals surface area contributed by atoms with Crippen molar-refractivity contribution in [3.05, 3.63) is 53.1 Å². The molecule has 1 aromatic heterocycles. The van der Waals surface area contributed by atoms with Crippen LogP contribution in [-0.4, -0.2) is 32.5 Å². The Kier molecular flexibility index (Phi) is 4.98. The van der Waals surface area contributed by atoms with Crippen LogP contribution in [0.4, 0.5) is 4.39 Å². The molecule has 2 heterocycles. The lowest BCUT2D eigenvalue weighted by Gasteiger charge is -2.19. The van der Waals surface area contributed by atoms with Crippen LogP contribution >= 0.6 is 11.8 Å². The van der Waals surface area contributed by atoms with E-state index >= 15 is 0 Å². The summed E-state index contributed by atoms with van der Waals surface area (Å²) in [5.74, 6) is 0.193. The molecular formula is C17H17FN4O2S. The smallest absolute Gasteiger partial charge is 0.243 e. The van der Waals surface area contributed by atoms with E-state index in [0.29, 0.717) is 22.4 Å². The van der Waals surface area contributed by atoms with Gasteiger partial charge in [-0.1, -0.05) is 23.9 Å². The van der Waals surface area contributed by atoms with Crippen LogP contribution in [0.1, 0.15) is 30.1 Å². The van der Waals surface area contributed by atoms with E-state index in [2.05, 4.69) is 15.1 Å². The summed E-state index contributed by atoms with van der Waals surface area (Å²) in [6.07, 6.45) is -0.686. The average molecular weight is 360 g/mol. The van der Waals surface area contributed by atoms with Gasteiger partial charge in [0.25, 0.3) is 0 Å². The Morgan fingerprint density at radius 2 is 1.88 bits per heavy atom. The lowest BCUT2D eigenvalue weighted by Crippen LogP contribution is -2.25. The molecule has 130 valence electrons. The van der Waals surface area contributed by atoms with Crippen molar-refractivity contribution in [2.75, 3.05) is 5.75 Å². The molecule has 0 saturated carbocycles. The van der Waals surface area contributed by atoms with Gasteiger partial charge in [-0.15, -0.1) is 5.10 Å². The maximum absolute atomic E-state index is 13.1. The molecule has 0 aliphatic carbocycles. The Balaban J connectivity index is 1.73. The van der Waals surface area contributed by atoms with E-state index in [1.165, 1.54) is 35.8 Å². The highest BCUT2D eigenvalue weighted by molar-refractivity contribution is 7.99. The number of halogens is 1. The molecule has 1 aliphatic rings. The monoisotopic (exact) mass is 360 g/mol. The summed E-state index contributed by atoms with van der Waals surface area (Å²) < 4.78 is 18.9. The van der Waals surface area contributed by atoms with Crippen LogP contribution in [0, 0.1) is 19.7 Å². The van der Waals surface area contributed by atoms with Crippen LogP contribution in [0.2, 0.25) is 0 Å². The first-order valence-electron chi connectivity index (χ1n) is 7.67. The molecule has 8 heteroatoms. The van der Waals surface area contributed by atoms with Gasteiger partial charge in [-0.2, -0.15) is 5.01 Å². The van der Waals surface area contributed by atoms with Crippen LogP contribution in [-0.2, 0) is 9.53 Å². The van der Waals surface area contributed by atoms with Crippen LogP contribution in [0.5, 0.6) is 0 Å². The molecule has 1 aliphatic heterocycles. The Labute approximate surface area is 149 Å². The van der Waals surface area contributed by atoms with E-state index in [1.54, 1.807) is 12.1 Å². The van der Waals surface area contributed by atoms with Crippen LogP contribution < -0.4 is 0 Å². The summed E-state index contributed by atoms with van der Waals surface area (Å²) in [5.41, 5.74) is 2.43. The Morgan fingerprint density at radius 3 is 2.48 bits per heavy atom. The van der Waals surface area contributed by atoms with Crippen LogP contribution in [0.25, 0.3) is 0 Å². The second-order valence-electron chi connectivity index (χ2n) is 5.60. The number of hydrogen-bond donors (Lipinski definition) is 0. The lowest BCUT2D eigenvalue weighted by atomic mass is 10.2. The summed E-state index contributed by atoms with van der Waals surface area (Å²) in [6, 6.07) is 7.71. The third-order valence-corrected chi connectivity index (χ3v) is 4.29. The number of aromatic nitrogens is 2. The number of amides is 1. The van der Waals surface area contributed by atoms with Crippen molar-refractivity contribution < 1.29 is 13.9 Å².